The molecule has 0 bridgehead atoms. The highest BCUT2D eigenvalue weighted by molar-refractivity contribution is 8.13. The average molecular weight is 328 g/mol. The zero-order chi connectivity index (χ0) is 15.3. The maximum absolute atomic E-state index is 13.5. The molecule has 0 saturated heterocycles. The van der Waals surface area contributed by atoms with E-state index in [0.717, 1.165) is 0 Å². The lowest BCUT2D eigenvalue weighted by molar-refractivity contribution is -0.121. The zero-order valence-corrected chi connectivity index (χ0v) is 12.0. The summed E-state index contributed by atoms with van der Waals surface area (Å²) in [7, 11) is 0.706. The monoisotopic (exact) mass is 327 g/mol. The van der Waals surface area contributed by atoms with Crippen molar-refractivity contribution >= 4 is 25.6 Å². The van der Waals surface area contributed by atoms with Crippen molar-refractivity contribution in [1.82, 2.24) is 5.32 Å². The minimum absolute atomic E-state index is 0.105. The molecule has 0 spiro atoms. The molecule has 1 aromatic rings. The first-order valence-corrected chi connectivity index (χ1v) is 7.89. The van der Waals surface area contributed by atoms with Crippen LogP contribution in [0.3, 0.4) is 0 Å². The summed E-state index contributed by atoms with van der Waals surface area (Å²) in [5, 5.41) is 2.48. The normalized spacial score (nSPS) is 11.2. The molecule has 0 fully saturated rings. The van der Waals surface area contributed by atoms with Gasteiger partial charge in [-0.05, 0) is 13.0 Å². The van der Waals surface area contributed by atoms with Crippen LogP contribution in [0.5, 0.6) is 5.75 Å². The molecule has 0 aliphatic carbocycles. The first kappa shape index (κ1) is 16.6. The summed E-state index contributed by atoms with van der Waals surface area (Å²) in [5.41, 5.74) is 0. The Kier molecular flexibility index (Phi) is 5.70. The van der Waals surface area contributed by atoms with Crippen molar-refractivity contribution in [3.05, 3.63) is 23.8 Å². The minimum atomic E-state index is -4.37. The Labute approximate surface area is 119 Å². The van der Waals surface area contributed by atoms with Crippen LogP contribution in [-0.2, 0) is 13.8 Å². The van der Waals surface area contributed by atoms with Gasteiger partial charge >= 0.3 is 0 Å². The Balaban J connectivity index is 2.92. The van der Waals surface area contributed by atoms with Crippen LogP contribution in [0.1, 0.15) is 13.3 Å². The Morgan fingerprint density at radius 2 is 2.05 bits per heavy atom. The maximum Gasteiger partial charge on any atom is 0.265 e. The molecule has 0 aliphatic heterocycles. The quantitative estimate of drug-likeness (QED) is 0.809. The Bertz CT molecular complexity index is 607. The lowest BCUT2D eigenvalue weighted by Crippen LogP contribution is -2.24. The van der Waals surface area contributed by atoms with Crippen molar-refractivity contribution in [1.29, 1.82) is 0 Å². The predicted molar refractivity (Wildman–Crippen MR) is 68.2 cm³/mol. The first-order valence-electron chi connectivity index (χ1n) is 5.59. The standard InChI is InChI=1S/C11H12ClF2NO4S/c1-2-15-10(16)3-4-19-11-8(14)5-7(13)6-9(11)20(12,17)18/h5-6H,2-4H2,1H3,(H,15,16). The average Bonchev–Trinajstić information content (AvgIpc) is 2.30. The third-order valence-electron chi connectivity index (χ3n) is 2.19. The van der Waals surface area contributed by atoms with E-state index in [1.807, 2.05) is 0 Å². The van der Waals surface area contributed by atoms with Crippen LogP contribution >= 0.6 is 10.7 Å². The molecule has 1 amide bonds. The van der Waals surface area contributed by atoms with Crippen molar-refractivity contribution in [3.63, 3.8) is 0 Å². The number of halogens is 3. The second-order valence-electron chi connectivity index (χ2n) is 3.70. The molecule has 112 valence electrons. The van der Waals surface area contributed by atoms with Crippen molar-refractivity contribution in [3.8, 4) is 5.75 Å². The predicted octanol–water partition coefficient (Wildman–Crippen LogP) is 1.80. The van der Waals surface area contributed by atoms with Gasteiger partial charge < -0.3 is 10.1 Å². The van der Waals surface area contributed by atoms with Gasteiger partial charge in [0.15, 0.2) is 11.6 Å². The smallest absolute Gasteiger partial charge is 0.265 e. The van der Waals surface area contributed by atoms with E-state index in [1.54, 1.807) is 6.92 Å². The van der Waals surface area contributed by atoms with Crippen LogP contribution < -0.4 is 10.1 Å². The van der Waals surface area contributed by atoms with E-state index in [2.05, 4.69) is 5.32 Å². The van der Waals surface area contributed by atoms with Crippen LogP contribution in [0.2, 0.25) is 0 Å². The van der Waals surface area contributed by atoms with Crippen molar-refractivity contribution in [2.75, 3.05) is 13.2 Å². The van der Waals surface area contributed by atoms with E-state index in [-0.39, 0.29) is 18.9 Å². The molecule has 0 unspecified atom stereocenters. The van der Waals surface area contributed by atoms with Gasteiger partial charge in [-0.25, -0.2) is 17.2 Å². The molecule has 20 heavy (non-hydrogen) atoms. The van der Waals surface area contributed by atoms with Gasteiger partial charge in [-0.1, -0.05) is 0 Å². The molecule has 0 radical (unpaired) electrons. The maximum atomic E-state index is 13.5. The SMILES string of the molecule is CCNC(=O)CCOc1c(F)cc(F)cc1S(=O)(=O)Cl. The number of ether oxygens (including phenoxy) is 1. The van der Waals surface area contributed by atoms with Gasteiger partial charge in [0, 0.05) is 23.3 Å². The second kappa shape index (κ2) is 6.85. The van der Waals surface area contributed by atoms with Crippen molar-refractivity contribution in [2.24, 2.45) is 0 Å². The molecule has 1 aromatic carbocycles. The molecule has 0 aromatic heterocycles. The first-order chi connectivity index (χ1) is 9.25. The number of hydrogen-bond donors (Lipinski definition) is 1. The summed E-state index contributed by atoms with van der Waals surface area (Å²) in [6, 6.07) is 1.01. The van der Waals surface area contributed by atoms with Crippen molar-refractivity contribution in [2.45, 2.75) is 18.2 Å². The summed E-state index contributed by atoms with van der Waals surface area (Å²) in [5.74, 6) is -3.35. The van der Waals surface area contributed by atoms with Gasteiger partial charge in [0.25, 0.3) is 9.05 Å². The largest absolute Gasteiger partial charge is 0.489 e. The second-order valence-corrected chi connectivity index (χ2v) is 6.24. The highest BCUT2D eigenvalue weighted by Gasteiger charge is 2.22. The van der Waals surface area contributed by atoms with E-state index in [4.69, 9.17) is 15.4 Å². The van der Waals surface area contributed by atoms with E-state index < -0.39 is 31.3 Å². The van der Waals surface area contributed by atoms with Crippen LogP contribution in [0.4, 0.5) is 8.78 Å². The summed E-state index contributed by atoms with van der Waals surface area (Å²) in [6.45, 7) is 1.87. The number of benzene rings is 1. The lowest BCUT2D eigenvalue weighted by atomic mass is 10.3. The van der Waals surface area contributed by atoms with Gasteiger partial charge in [-0.2, -0.15) is 0 Å². The summed E-state index contributed by atoms with van der Waals surface area (Å²) < 4.78 is 53.9. The third-order valence-corrected chi connectivity index (χ3v) is 3.51. The van der Waals surface area contributed by atoms with Gasteiger partial charge in [-0.3, -0.25) is 4.79 Å². The molecule has 1 N–H and O–H groups in total. The van der Waals surface area contributed by atoms with Gasteiger partial charge in [0.2, 0.25) is 5.91 Å². The molecule has 1 rings (SSSR count). The fourth-order valence-corrected chi connectivity index (χ4v) is 2.36. The van der Waals surface area contributed by atoms with Crippen LogP contribution in [0.25, 0.3) is 0 Å². The molecule has 9 heteroatoms. The molecular weight excluding hydrogens is 316 g/mol. The molecule has 0 heterocycles. The van der Waals surface area contributed by atoms with E-state index in [1.165, 1.54) is 0 Å². The van der Waals surface area contributed by atoms with Gasteiger partial charge in [-0.15, -0.1) is 0 Å². The Morgan fingerprint density at radius 3 is 2.60 bits per heavy atom. The minimum Gasteiger partial charge on any atom is -0.489 e. The van der Waals surface area contributed by atoms with E-state index in [0.29, 0.717) is 18.7 Å². The summed E-state index contributed by atoms with van der Waals surface area (Å²) in [6.07, 6.45) is -0.105. The Morgan fingerprint density at radius 1 is 1.40 bits per heavy atom. The number of nitrogens with one attached hydrogen (secondary N) is 1. The molecular formula is C11H12ClF2NO4S. The van der Waals surface area contributed by atoms with Gasteiger partial charge in [0.05, 0.1) is 13.0 Å². The highest BCUT2D eigenvalue weighted by Crippen LogP contribution is 2.30. The number of amides is 1. The molecule has 5 nitrogen and oxygen atoms in total. The fourth-order valence-electron chi connectivity index (χ4n) is 1.39. The summed E-state index contributed by atoms with van der Waals surface area (Å²) in [4.78, 5) is 10.4. The number of rotatable bonds is 6. The van der Waals surface area contributed by atoms with E-state index in [9.17, 15) is 22.0 Å². The Hall–Kier alpha value is -1.41. The van der Waals surface area contributed by atoms with Crippen LogP contribution in [0, 0.1) is 11.6 Å². The van der Waals surface area contributed by atoms with E-state index >= 15 is 0 Å². The number of hydrogen-bond acceptors (Lipinski definition) is 4. The van der Waals surface area contributed by atoms with Crippen molar-refractivity contribution < 1.29 is 26.7 Å². The molecule has 0 aliphatic rings. The zero-order valence-electron chi connectivity index (χ0n) is 10.5. The van der Waals surface area contributed by atoms with Crippen LogP contribution in [-0.4, -0.2) is 27.5 Å². The molecule has 0 atom stereocenters. The lowest BCUT2D eigenvalue weighted by Gasteiger charge is -2.10. The summed E-state index contributed by atoms with van der Waals surface area (Å²) >= 11 is 0. The topological polar surface area (TPSA) is 72.5 Å². The molecule has 0 saturated carbocycles. The van der Waals surface area contributed by atoms with Gasteiger partial charge in [0.1, 0.15) is 10.7 Å². The highest BCUT2D eigenvalue weighted by atomic mass is 35.7. The third kappa shape index (κ3) is 4.61. The van der Waals surface area contributed by atoms with Crippen LogP contribution in [0.15, 0.2) is 17.0 Å². The fraction of sp³-hybridized carbons (Fsp3) is 0.364. The number of carbonyl (C=O) groups is 1. The number of carbonyl (C=O) groups excluding carboxylic acids is 1.